The molecule has 0 atom stereocenters. The van der Waals surface area contributed by atoms with Crippen molar-refractivity contribution in [2.75, 3.05) is 10.0 Å². The van der Waals surface area contributed by atoms with Crippen LogP contribution in [0, 0.1) is 20.8 Å². The lowest BCUT2D eigenvalue weighted by molar-refractivity contribution is -0.114. The second-order valence-electron chi connectivity index (χ2n) is 6.70. The van der Waals surface area contributed by atoms with Gasteiger partial charge in [-0.1, -0.05) is 35.0 Å². The van der Waals surface area contributed by atoms with Crippen LogP contribution in [0.5, 0.6) is 0 Å². The number of aromatic nitrogens is 1. The van der Waals surface area contributed by atoms with Crippen LogP contribution in [0.4, 0.5) is 11.6 Å². The van der Waals surface area contributed by atoms with Crippen LogP contribution in [0.15, 0.2) is 45.8 Å². The molecule has 9 heteroatoms. The van der Waals surface area contributed by atoms with E-state index in [0.29, 0.717) is 33.1 Å². The van der Waals surface area contributed by atoms with E-state index in [2.05, 4.69) is 15.2 Å². The van der Waals surface area contributed by atoms with Gasteiger partial charge >= 0.3 is 0 Å². The predicted molar refractivity (Wildman–Crippen MR) is 113 cm³/mol. The molecule has 3 aromatic rings. The number of aryl methyl sites for hydroxylation is 3. The summed E-state index contributed by atoms with van der Waals surface area (Å²) < 4.78 is 33.8. The minimum absolute atomic E-state index is 0.0982. The maximum absolute atomic E-state index is 13.0. The molecule has 3 rings (SSSR count). The van der Waals surface area contributed by atoms with Crippen molar-refractivity contribution in [2.24, 2.45) is 0 Å². The first-order valence-electron chi connectivity index (χ1n) is 8.72. The number of hydrogen-bond acceptors (Lipinski definition) is 5. The van der Waals surface area contributed by atoms with Crippen LogP contribution in [0.1, 0.15) is 23.7 Å². The summed E-state index contributed by atoms with van der Waals surface area (Å²) in [6.45, 7) is 6.60. The second kappa shape index (κ2) is 7.88. The van der Waals surface area contributed by atoms with Crippen LogP contribution in [-0.2, 0) is 14.8 Å². The van der Waals surface area contributed by atoms with E-state index in [1.54, 1.807) is 44.2 Å². The Labute approximate surface area is 174 Å². The zero-order valence-corrected chi connectivity index (χ0v) is 17.9. The Kier molecular flexibility index (Phi) is 5.68. The van der Waals surface area contributed by atoms with E-state index < -0.39 is 10.0 Å². The highest BCUT2D eigenvalue weighted by molar-refractivity contribution is 7.92. The fourth-order valence-corrected chi connectivity index (χ4v) is 4.37. The van der Waals surface area contributed by atoms with Crippen LogP contribution in [0.25, 0.3) is 11.1 Å². The minimum Gasteiger partial charge on any atom is -0.337 e. The van der Waals surface area contributed by atoms with Gasteiger partial charge in [-0.15, -0.1) is 0 Å². The highest BCUT2D eigenvalue weighted by Gasteiger charge is 2.22. The number of nitrogens with zero attached hydrogens (tertiary/aromatic N) is 1. The first-order valence-corrected chi connectivity index (χ1v) is 10.6. The van der Waals surface area contributed by atoms with Crippen molar-refractivity contribution in [2.45, 2.75) is 32.6 Å². The summed E-state index contributed by atoms with van der Waals surface area (Å²) in [5.41, 5.74) is 3.39. The second-order valence-corrected chi connectivity index (χ2v) is 8.76. The Morgan fingerprint density at radius 1 is 1.07 bits per heavy atom. The summed E-state index contributed by atoms with van der Waals surface area (Å²) in [5.74, 6) is -0.152. The number of carbonyl (C=O) groups excluding carboxylic acids is 1. The van der Waals surface area contributed by atoms with E-state index in [9.17, 15) is 13.2 Å². The normalized spacial score (nSPS) is 11.3. The molecule has 2 aromatic carbocycles. The lowest BCUT2D eigenvalue weighted by Crippen LogP contribution is -2.14. The van der Waals surface area contributed by atoms with Gasteiger partial charge in [-0.05, 0) is 55.7 Å². The Bertz CT molecular complexity index is 1200. The molecule has 2 N–H and O–H groups in total. The molecule has 0 saturated heterocycles. The maximum atomic E-state index is 13.0. The van der Waals surface area contributed by atoms with E-state index in [4.69, 9.17) is 16.1 Å². The number of halogens is 1. The summed E-state index contributed by atoms with van der Waals surface area (Å²) in [5, 5.41) is 6.91. The predicted octanol–water partition coefficient (Wildman–Crippen LogP) is 4.68. The fraction of sp³-hybridized carbons (Fsp3) is 0.200. The minimum atomic E-state index is -3.88. The van der Waals surface area contributed by atoms with Crippen LogP contribution >= 0.6 is 11.6 Å². The van der Waals surface area contributed by atoms with E-state index in [1.807, 2.05) is 6.92 Å². The molecule has 0 saturated carbocycles. The fourth-order valence-electron chi connectivity index (χ4n) is 2.87. The Morgan fingerprint density at radius 3 is 2.41 bits per heavy atom. The molecule has 7 nitrogen and oxygen atoms in total. The number of rotatable bonds is 5. The molecule has 0 bridgehead atoms. The summed E-state index contributed by atoms with van der Waals surface area (Å²) >= 11 is 6.10. The van der Waals surface area contributed by atoms with Crippen molar-refractivity contribution in [3.05, 3.63) is 58.2 Å². The number of nitrogens with one attached hydrogen (secondary N) is 2. The number of carbonyl (C=O) groups is 1. The molecule has 29 heavy (non-hydrogen) atoms. The molecule has 1 heterocycles. The molecule has 1 amide bonds. The van der Waals surface area contributed by atoms with Crippen molar-refractivity contribution in [3.63, 3.8) is 0 Å². The molecule has 0 spiro atoms. The van der Waals surface area contributed by atoms with Gasteiger partial charge in [0.2, 0.25) is 11.8 Å². The van der Waals surface area contributed by atoms with Gasteiger partial charge in [0, 0.05) is 11.9 Å². The van der Waals surface area contributed by atoms with E-state index >= 15 is 0 Å². The van der Waals surface area contributed by atoms with Crippen LogP contribution in [0.2, 0.25) is 5.02 Å². The average Bonchev–Trinajstić information content (AvgIpc) is 2.98. The van der Waals surface area contributed by atoms with Crippen molar-refractivity contribution in [1.29, 1.82) is 0 Å². The van der Waals surface area contributed by atoms with E-state index in [-0.39, 0.29) is 16.7 Å². The van der Waals surface area contributed by atoms with Gasteiger partial charge in [-0.25, -0.2) is 8.42 Å². The summed E-state index contributed by atoms with van der Waals surface area (Å²) in [7, 11) is -3.88. The largest absolute Gasteiger partial charge is 0.337 e. The van der Waals surface area contributed by atoms with Crippen molar-refractivity contribution < 1.29 is 17.7 Å². The zero-order chi connectivity index (χ0) is 21.3. The van der Waals surface area contributed by atoms with Crippen LogP contribution in [-0.4, -0.2) is 19.5 Å². The van der Waals surface area contributed by atoms with E-state index in [1.165, 1.54) is 13.0 Å². The first-order chi connectivity index (χ1) is 13.6. The summed E-state index contributed by atoms with van der Waals surface area (Å²) in [6, 6.07) is 9.92. The molecule has 0 unspecified atom stereocenters. The summed E-state index contributed by atoms with van der Waals surface area (Å²) in [4.78, 5) is 11.5. The van der Waals surface area contributed by atoms with Crippen molar-refractivity contribution in [1.82, 2.24) is 5.16 Å². The Morgan fingerprint density at radius 2 is 1.76 bits per heavy atom. The lowest BCUT2D eigenvalue weighted by Gasteiger charge is -2.13. The number of anilines is 2. The van der Waals surface area contributed by atoms with Gasteiger partial charge in [0.15, 0.2) is 0 Å². The van der Waals surface area contributed by atoms with Crippen molar-refractivity contribution in [3.8, 4) is 11.1 Å². The number of amides is 1. The monoisotopic (exact) mass is 433 g/mol. The smallest absolute Gasteiger partial charge is 0.262 e. The van der Waals surface area contributed by atoms with Gasteiger partial charge in [0.25, 0.3) is 10.0 Å². The first kappa shape index (κ1) is 20.9. The Balaban J connectivity index is 2.04. The molecule has 1 aromatic heterocycles. The Hall–Kier alpha value is -2.84. The summed E-state index contributed by atoms with van der Waals surface area (Å²) in [6.07, 6.45) is 0. The molecule has 0 aliphatic carbocycles. The molecular weight excluding hydrogens is 414 g/mol. The number of benzene rings is 2. The molecule has 0 fully saturated rings. The van der Waals surface area contributed by atoms with Crippen LogP contribution in [0.3, 0.4) is 0 Å². The van der Waals surface area contributed by atoms with Crippen molar-refractivity contribution >= 4 is 39.1 Å². The standard InChI is InChI=1S/C20H20ClN3O4S/c1-11-6-8-16(10-17(11)21)24-29(26,27)18-9-15(7-5-12(18)2)19-13(3)23-28-20(19)22-14(4)25/h5-10,24H,1-4H3,(H,22,25). The average molecular weight is 434 g/mol. The topological polar surface area (TPSA) is 101 Å². The maximum Gasteiger partial charge on any atom is 0.262 e. The third-order valence-electron chi connectivity index (χ3n) is 4.34. The molecule has 0 aliphatic rings. The SMILES string of the molecule is CC(=O)Nc1onc(C)c1-c1ccc(C)c(S(=O)(=O)Nc2ccc(C)c(Cl)c2)c1. The molecule has 0 radical (unpaired) electrons. The third-order valence-corrected chi connectivity index (χ3v) is 6.27. The molecular formula is C20H20ClN3O4S. The molecule has 152 valence electrons. The highest BCUT2D eigenvalue weighted by atomic mass is 35.5. The third kappa shape index (κ3) is 4.44. The van der Waals surface area contributed by atoms with Gasteiger partial charge in [-0.3, -0.25) is 14.8 Å². The van der Waals surface area contributed by atoms with Gasteiger partial charge < -0.3 is 4.52 Å². The molecule has 0 aliphatic heterocycles. The van der Waals surface area contributed by atoms with Crippen LogP contribution < -0.4 is 10.0 Å². The van der Waals surface area contributed by atoms with Gasteiger partial charge in [0.1, 0.15) is 0 Å². The van der Waals surface area contributed by atoms with E-state index in [0.717, 1.165) is 5.56 Å². The zero-order valence-electron chi connectivity index (χ0n) is 16.3. The lowest BCUT2D eigenvalue weighted by atomic mass is 10.0. The number of sulfonamides is 1. The quantitative estimate of drug-likeness (QED) is 0.608. The van der Waals surface area contributed by atoms with Gasteiger partial charge in [0.05, 0.1) is 21.8 Å². The van der Waals surface area contributed by atoms with Gasteiger partial charge in [-0.2, -0.15) is 0 Å². The number of hydrogen-bond donors (Lipinski definition) is 2. The highest BCUT2D eigenvalue weighted by Crippen LogP contribution is 2.34.